The number of carbonyl (C=O) groups is 1. The molecule has 1 aromatic carbocycles. The van der Waals surface area contributed by atoms with Crippen LogP contribution in [0.3, 0.4) is 0 Å². The Morgan fingerprint density at radius 2 is 2.19 bits per heavy atom. The van der Waals surface area contributed by atoms with E-state index < -0.39 is 5.60 Å². The molecule has 0 saturated carbocycles. The molecular formula is C15H20N2O4. The molecule has 0 bridgehead atoms. The van der Waals surface area contributed by atoms with Gasteiger partial charge in [-0.05, 0) is 19.1 Å². The summed E-state index contributed by atoms with van der Waals surface area (Å²) in [6, 6.07) is 7.53. The fourth-order valence-corrected chi connectivity index (χ4v) is 2.14. The highest BCUT2D eigenvalue weighted by atomic mass is 16.7. The molecule has 6 heteroatoms. The van der Waals surface area contributed by atoms with Crippen LogP contribution in [-0.2, 0) is 14.4 Å². The van der Waals surface area contributed by atoms with E-state index in [0.717, 1.165) is 5.56 Å². The molecule has 1 heterocycles. The van der Waals surface area contributed by atoms with E-state index in [1.807, 2.05) is 24.3 Å². The van der Waals surface area contributed by atoms with Crippen LogP contribution in [0.2, 0.25) is 0 Å². The van der Waals surface area contributed by atoms with E-state index >= 15 is 0 Å². The molecule has 6 nitrogen and oxygen atoms in total. The van der Waals surface area contributed by atoms with Crippen LogP contribution >= 0.6 is 0 Å². The van der Waals surface area contributed by atoms with Gasteiger partial charge in [-0.15, -0.1) is 0 Å². The average molecular weight is 292 g/mol. The van der Waals surface area contributed by atoms with E-state index in [4.69, 9.17) is 14.3 Å². The Bertz CT molecular complexity index is 544. The first-order valence-corrected chi connectivity index (χ1v) is 6.76. The van der Waals surface area contributed by atoms with E-state index in [-0.39, 0.29) is 5.91 Å². The monoisotopic (exact) mass is 292 g/mol. The first-order valence-electron chi connectivity index (χ1n) is 6.76. The summed E-state index contributed by atoms with van der Waals surface area (Å²) in [5.74, 6) is 0.511. The van der Waals surface area contributed by atoms with Crippen molar-refractivity contribution in [2.45, 2.75) is 18.9 Å². The molecular weight excluding hydrogens is 272 g/mol. The predicted molar refractivity (Wildman–Crippen MR) is 78.5 cm³/mol. The van der Waals surface area contributed by atoms with Crippen LogP contribution in [0.15, 0.2) is 29.4 Å². The van der Waals surface area contributed by atoms with Crippen LogP contribution in [0, 0.1) is 0 Å². The molecule has 0 aromatic heterocycles. The number of nitrogens with one attached hydrogen (secondary N) is 1. The number of carbonyl (C=O) groups excluding carboxylic acids is 1. The molecule has 114 valence electrons. The maximum atomic E-state index is 12.2. The number of rotatable bonds is 6. The van der Waals surface area contributed by atoms with Crippen LogP contribution < -0.4 is 10.1 Å². The Morgan fingerprint density at radius 3 is 2.90 bits per heavy atom. The third kappa shape index (κ3) is 3.33. The topological polar surface area (TPSA) is 69.2 Å². The lowest BCUT2D eigenvalue weighted by Crippen LogP contribution is -2.45. The number of amides is 1. The minimum Gasteiger partial charge on any atom is -0.496 e. The lowest BCUT2D eigenvalue weighted by Gasteiger charge is -2.20. The molecule has 1 N–H and O–H groups in total. The molecule has 1 atom stereocenters. The number of para-hydroxylation sites is 1. The van der Waals surface area contributed by atoms with Crippen molar-refractivity contribution in [1.82, 2.24) is 5.32 Å². The van der Waals surface area contributed by atoms with Crippen molar-refractivity contribution in [3.63, 3.8) is 0 Å². The number of hydrogen-bond acceptors (Lipinski definition) is 5. The smallest absolute Gasteiger partial charge is 0.267 e. The summed E-state index contributed by atoms with van der Waals surface area (Å²) in [6.07, 6.45) is 0.395. The first-order chi connectivity index (χ1) is 10.1. The molecule has 0 fully saturated rings. The summed E-state index contributed by atoms with van der Waals surface area (Å²) >= 11 is 0. The SMILES string of the molecule is COCCNC(=O)C1(C)CC(c2ccccc2OC)=NO1. The van der Waals surface area contributed by atoms with Gasteiger partial charge in [0.2, 0.25) is 5.60 Å². The van der Waals surface area contributed by atoms with Gasteiger partial charge >= 0.3 is 0 Å². The van der Waals surface area contributed by atoms with Crippen molar-refractivity contribution >= 4 is 11.6 Å². The fourth-order valence-electron chi connectivity index (χ4n) is 2.14. The van der Waals surface area contributed by atoms with Crippen LogP contribution in [0.25, 0.3) is 0 Å². The summed E-state index contributed by atoms with van der Waals surface area (Å²) in [4.78, 5) is 17.6. The maximum Gasteiger partial charge on any atom is 0.267 e. The van der Waals surface area contributed by atoms with E-state index in [0.29, 0.717) is 31.0 Å². The summed E-state index contributed by atoms with van der Waals surface area (Å²) in [7, 11) is 3.19. The Labute approximate surface area is 124 Å². The molecule has 1 aromatic rings. The van der Waals surface area contributed by atoms with Gasteiger partial charge in [0, 0.05) is 25.6 Å². The van der Waals surface area contributed by atoms with Crippen LogP contribution in [-0.4, -0.2) is 44.6 Å². The number of hydrogen-bond donors (Lipinski definition) is 1. The van der Waals surface area contributed by atoms with Crippen molar-refractivity contribution in [2.75, 3.05) is 27.4 Å². The first kappa shape index (κ1) is 15.3. The van der Waals surface area contributed by atoms with Crippen molar-refractivity contribution in [1.29, 1.82) is 0 Å². The summed E-state index contributed by atoms with van der Waals surface area (Å²) in [5, 5.41) is 6.83. The quantitative estimate of drug-likeness (QED) is 0.803. The Kier molecular flexibility index (Phi) is 4.80. The van der Waals surface area contributed by atoms with E-state index in [2.05, 4.69) is 10.5 Å². The minimum atomic E-state index is -0.996. The second-order valence-electron chi connectivity index (χ2n) is 4.99. The summed E-state index contributed by atoms with van der Waals surface area (Å²) < 4.78 is 10.2. The van der Waals surface area contributed by atoms with Gasteiger partial charge in [-0.25, -0.2) is 0 Å². The molecule has 21 heavy (non-hydrogen) atoms. The zero-order valence-electron chi connectivity index (χ0n) is 12.5. The van der Waals surface area contributed by atoms with Gasteiger partial charge in [-0.3, -0.25) is 4.79 Å². The van der Waals surface area contributed by atoms with Gasteiger partial charge in [0.1, 0.15) is 5.75 Å². The number of methoxy groups -OCH3 is 2. The molecule has 0 radical (unpaired) electrons. The van der Waals surface area contributed by atoms with Gasteiger partial charge < -0.3 is 19.6 Å². The fraction of sp³-hybridized carbons (Fsp3) is 0.467. The predicted octanol–water partition coefficient (Wildman–Crippen LogP) is 1.34. The average Bonchev–Trinajstić information content (AvgIpc) is 2.91. The molecule has 1 aliphatic heterocycles. The molecule has 1 unspecified atom stereocenters. The van der Waals surface area contributed by atoms with Crippen LogP contribution in [0.1, 0.15) is 18.9 Å². The highest BCUT2D eigenvalue weighted by molar-refractivity contribution is 6.07. The third-order valence-corrected chi connectivity index (χ3v) is 3.35. The lowest BCUT2D eigenvalue weighted by molar-refractivity contribution is -0.141. The zero-order valence-corrected chi connectivity index (χ0v) is 12.5. The van der Waals surface area contributed by atoms with Crippen molar-refractivity contribution in [3.05, 3.63) is 29.8 Å². The van der Waals surface area contributed by atoms with Crippen molar-refractivity contribution in [3.8, 4) is 5.75 Å². The van der Waals surface area contributed by atoms with Gasteiger partial charge in [0.15, 0.2) is 0 Å². The molecule has 1 aliphatic rings. The van der Waals surface area contributed by atoms with E-state index in [1.165, 1.54) is 0 Å². The molecule has 1 amide bonds. The zero-order chi connectivity index (χ0) is 15.3. The maximum absolute atomic E-state index is 12.2. The molecule has 0 saturated heterocycles. The van der Waals surface area contributed by atoms with Crippen molar-refractivity contribution < 1.29 is 19.1 Å². The van der Waals surface area contributed by atoms with E-state index in [1.54, 1.807) is 21.1 Å². The lowest BCUT2D eigenvalue weighted by atomic mass is 9.94. The number of ether oxygens (including phenoxy) is 2. The second kappa shape index (κ2) is 6.58. The van der Waals surface area contributed by atoms with Crippen molar-refractivity contribution in [2.24, 2.45) is 5.16 Å². The Balaban J connectivity index is 2.06. The molecule has 2 rings (SSSR count). The normalized spacial score (nSPS) is 20.6. The number of oxime groups is 1. The third-order valence-electron chi connectivity index (χ3n) is 3.35. The van der Waals surface area contributed by atoms with Gasteiger partial charge in [-0.2, -0.15) is 0 Å². The highest BCUT2D eigenvalue weighted by Crippen LogP contribution is 2.30. The van der Waals surface area contributed by atoms with Gasteiger partial charge in [-0.1, -0.05) is 17.3 Å². The Hall–Kier alpha value is -2.08. The summed E-state index contributed by atoms with van der Waals surface area (Å²) in [6.45, 7) is 2.63. The van der Waals surface area contributed by atoms with E-state index in [9.17, 15) is 4.79 Å². The number of benzene rings is 1. The van der Waals surface area contributed by atoms with Gasteiger partial charge in [0.05, 0.1) is 19.4 Å². The molecule has 0 aliphatic carbocycles. The molecule has 0 spiro atoms. The highest BCUT2D eigenvalue weighted by Gasteiger charge is 2.42. The Morgan fingerprint density at radius 1 is 1.43 bits per heavy atom. The number of nitrogens with zero attached hydrogens (tertiary/aromatic N) is 1. The largest absolute Gasteiger partial charge is 0.496 e. The second-order valence-corrected chi connectivity index (χ2v) is 4.99. The minimum absolute atomic E-state index is 0.201. The van der Waals surface area contributed by atoms with Gasteiger partial charge in [0.25, 0.3) is 5.91 Å². The van der Waals surface area contributed by atoms with Crippen LogP contribution in [0.5, 0.6) is 5.75 Å². The summed E-state index contributed by atoms with van der Waals surface area (Å²) in [5.41, 5.74) is 0.550. The standard InChI is InChI=1S/C15H20N2O4/c1-15(14(18)16-8-9-19-2)10-12(17-21-15)11-6-4-5-7-13(11)20-3/h4-7H,8-10H2,1-3H3,(H,16,18). The van der Waals surface area contributed by atoms with Crippen LogP contribution in [0.4, 0.5) is 0 Å².